The van der Waals surface area contributed by atoms with E-state index in [-0.39, 0.29) is 11.6 Å². The van der Waals surface area contributed by atoms with Crippen molar-refractivity contribution in [3.8, 4) is 0 Å². The fraction of sp³-hybridized carbons (Fsp3) is 0.333. The van der Waals surface area contributed by atoms with Crippen LogP contribution in [-0.4, -0.2) is 27.0 Å². The number of nitrogens with zero attached hydrogens (tertiary/aromatic N) is 1. The first kappa shape index (κ1) is 16.1. The van der Waals surface area contributed by atoms with Gasteiger partial charge in [-0.3, -0.25) is 9.36 Å². The molecule has 6 heteroatoms. The highest BCUT2D eigenvalue weighted by atomic mass is 16.2. The van der Waals surface area contributed by atoms with Crippen molar-refractivity contribution in [2.24, 2.45) is 0 Å². The van der Waals surface area contributed by atoms with Crippen molar-refractivity contribution >= 4 is 16.8 Å². The van der Waals surface area contributed by atoms with Gasteiger partial charge in [-0.1, -0.05) is 18.2 Å². The topological polar surface area (TPSA) is 82.7 Å². The molecular weight excluding hydrogens is 304 g/mol. The van der Waals surface area contributed by atoms with Crippen LogP contribution in [0.2, 0.25) is 0 Å². The summed E-state index contributed by atoms with van der Waals surface area (Å²) in [5.74, 6) is -0.0417. The van der Waals surface area contributed by atoms with Crippen LogP contribution >= 0.6 is 0 Å². The molecule has 0 unspecified atom stereocenters. The molecule has 3 rings (SSSR count). The predicted molar refractivity (Wildman–Crippen MR) is 94.2 cm³/mol. The molecular formula is C18H22N4O2. The van der Waals surface area contributed by atoms with Gasteiger partial charge in [0.05, 0.1) is 0 Å². The lowest BCUT2D eigenvalue weighted by Crippen LogP contribution is -2.28. The van der Waals surface area contributed by atoms with Crippen LogP contribution in [-0.2, 0) is 17.8 Å². The number of fused-ring (bicyclic) bond motifs is 1. The molecule has 0 saturated carbocycles. The van der Waals surface area contributed by atoms with Crippen molar-refractivity contribution < 1.29 is 4.79 Å². The predicted octanol–water partition coefficient (Wildman–Crippen LogP) is 2.02. The van der Waals surface area contributed by atoms with E-state index in [9.17, 15) is 9.59 Å². The third kappa shape index (κ3) is 3.27. The van der Waals surface area contributed by atoms with Gasteiger partial charge in [-0.05, 0) is 31.9 Å². The van der Waals surface area contributed by atoms with E-state index in [4.69, 9.17) is 0 Å². The minimum absolute atomic E-state index is 0.0417. The van der Waals surface area contributed by atoms with Gasteiger partial charge in [-0.2, -0.15) is 0 Å². The number of aromatic amines is 2. The van der Waals surface area contributed by atoms with Crippen LogP contribution in [0.3, 0.4) is 0 Å². The zero-order chi connectivity index (χ0) is 17.1. The Hall–Kier alpha value is -2.76. The summed E-state index contributed by atoms with van der Waals surface area (Å²) in [6, 6.07) is 8.12. The van der Waals surface area contributed by atoms with Gasteiger partial charge in [-0.25, -0.2) is 4.79 Å². The van der Waals surface area contributed by atoms with Crippen LogP contribution < -0.4 is 11.0 Å². The average Bonchev–Trinajstić information content (AvgIpc) is 3.08. The van der Waals surface area contributed by atoms with E-state index in [0.29, 0.717) is 19.5 Å². The second-order valence-corrected chi connectivity index (χ2v) is 6.00. The van der Waals surface area contributed by atoms with Gasteiger partial charge in [0, 0.05) is 48.0 Å². The van der Waals surface area contributed by atoms with Crippen LogP contribution in [0.1, 0.15) is 23.4 Å². The SMILES string of the molecule is Cc1[nH]c(=O)n(CCC(=O)NCCc2c[nH]c3ccccc23)c1C. The molecule has 3 aromatic rings. The summed E-state index contributed by atoms with van der Waals surface area (Å²) in [6.45, 7) is 4.71. The van der Waals surface area contributed by atoms with Crippen LogP contribution in [0, 0.1) is 13.8 Å². The molecule has 6 nitrogen and oxygen atoms in total. The molecule has 0 fully saturated rings. The summed E-state index contributed by atoms with van der Waals surface area (Å²) in [5, 5.41) is 4.11. The van der Waals surface area contributed by atoms with Gasteiger partial charge in [0.15, 0.2) is 0 Å². The van der Waals surface area contributed by atoms with Crippen LogP contribution in [0.25, 0.3) is 10.9 Å². The van der Waals surface area contributed by atoms with E-state index in [2.05, 4.69) is 21.4 Å². The number of rotatable bonds is 6. The molecule has 0 aliphatic heterocycles. The minimum atomic E-state index is -0.156. The van der Waals surface area contributed by atoms with Gasteiger partial charge in [0.25, 0.3) is 0 Å². The molecule has 0 aliphatic rings. The Morgan fingerprint density at radius 1 is 1.25 bits per heavy atom. The Morgan fingerprint density at radius 3 is 2.79 bits per heavy atom. The number of carbonyl (C=O) groups excluding carboxylic acids is 1. The Balaban J connectivity index is 1.50. The molecule has 1 aromatic carbocycles. The summed E-state index contributed by atoms with van der Waals surface area (Å²) < 4.78 is 1.61. The molecule has 3 N–H and O–H groups in total. The number of aromatic nitrogens is 3. The van der Waals surface area contributed by atoms with Crippen LogP contribution in [0.5, 0.6) is 0 Å². The fourth-order valence-corrected chi connectivity index (χ4v) is 2.92. The lowest BCUT2D eigenvalue weighted by Gasteiger charge is -2.06. The summed E-state index contributed by atoms with van der Waals surface area (Å²) in [4.78, 5) is 29.7. The lowest BCUT2D eigenvalue weighted by molar-refractivity contribution is -0.121. The number of H-pyrrole nitrogens is 2. The number of imidazole rings is 1. The molecule has 0 radical (unpaired) electrons. The lowest BCUT2D eigenvalue weighted by atomic mass is 10.1. The normalized spacial score (nSPS) is 11.1. The molecule has 0 atom stereocenters. The first-order valence-electron chi connectivity index (χ1n) is 8.14. The summed E-state index contributed by atoms with van der Waals surface area (Å²) in [5.41, 5.74) is 3.87. The summed E-state index contributed by atoms with van der Waals surface area (Å²) in [7, 11) is 0. The Morgan fingerprint density at radius 2 is 2.04 bits per heavy atom. The van der Waals surface area contributed by atoms with Gasteiger partial charge >= 0.3 is 5.69 Å². The number of carbonyl (C=O) groups is 1. The average molecular weight is 326 g/mol. The molecule has 2 aromatic heterocycles. The maximum atomic E-state index is 12.0. The molecule has 0 saturated heterocycles. The summed E-state index contributed by atoms with van der Waals surface area (Å²) >= 11 is 0. The van der Waals surface area contributed by atoms with Crippen molar-refractivity contribution in [2.45, 2.75) is 33.2 Å². The van der Waals surface area contributed by atoms with Gasteiger partial charge < -0.3 is 15.3 Å². The van der Waals surface area contributed by atoms with Crippen molar-refractivity contribution in [2.75, 3.05) is 6.54 Å². The van der Waals surface area contributed by atoms with Gasteiger partial charge in [0.1, 0.15) is 0 Å². The van der Waals surface area contributed by atoms with Crippen molar-refractivity contribution in [3.05, 3.63) is 57.9 Å². The largest absolute Gasteiger partial charge is 0.361 e. The second-order valence-electron chi connectivity index (χ2n) is 6.00. The first-order valence-corrected chi connectivity index (χ1v) is 8.14. The molecule has 126 valence electrons. The highest BCUT2D eigenvalue weighted by molar-refractivity contribution is 5.83. The second kappa shape index (κ2) is 6.78. The third-order valence-electron chi connectivity index (χ3n) is 4.44. The number of hydrogen-bond acceptors (Lipinski definition) is 2. The standard InChI is InChI=1S/C18H22N4O2/c1-12-13(2)22(18(24)21-12)10-8-17(23)19-9-7-14-11-20-16-6-4-3-5-15(14)16/h3-6,11,20H,7-10H2,1-2H3,(H,19,23)(H,21,24). The monoisotopic (exact) mass is 326 g/mol. The highest BCUT2D eigenvalue weighted by Gasteiger charge is 2.09. The minimum Gasteiger partial charge on any atom is -0.361 e. The zero-order valence-electron chi connectivity index (χ0n) is 14.0. The molecule has 0 spiro atoms. The Kier molecular flexibility index (Phi) is 4.55. The van der Waals surface area contributed by atoms with E-state index < -0.39 is 0 Å². The molecule has 2 heterocycles. The quantitative estimate of drug-likeness (QED) is 0.648. The van der Waals surface area contributed by atoms with E-state index in [1.807, 2.05) is 38.2 Å². The van der Waals surface area contributed by atoms with E-state index in [1.165, 1.54) is 10.9 Å². The smallest absolute Gasteiger partial charge is 0.325 e. The van der Waals surface area contributed by atoms with Crippen molar-refractivity contribution in [3.63, 3.8) is 0 Å². The maximum Gasteiger partial charge on any atom is 0.325 e. The zero-order valence-corrected chi connectivity index (χ0v) is 14.0. The number of amides is 1. The number of nitrogens with one attached hydrogen (secondary N) is 3. The molecule has 0 aliphatic carbocycles. The van der Waals surface area contributed by atoms with Crippen LogP contribution in [0.4, 0.5) is 0 Å². The van der Waals surface area contributed by atoms with Crippen molar-refractivity contribution in [1.82, 2.24) is 19.9 Å². The van der Waals surface area contributed by atoms with E-state index in [1.54, 1.807) is 4.57 Å². The summed E-state index contributed by atoms with van der Waals surface area (Å²) in [6.07, 6.45) is 3.06. The fourth-order valence-electron chi connectivity index (χ4n) is 2.92. The number of para-hydroxylation sites is 1. The number of benzene rings is 1. The highest BCUT2D eigenvalue weighted by Crippen LogP contribution is 2.17. The maximum absolute atomic E-state index is 12.0. The first-order chi connectivity index (χ1) is 11.6. The molecule has 24 heavy (non-hydrogen) atoms. The number of hydrogen-bond donors (Lipinski definition) is 3. The molecule has 0 bridgehead atoms. The molecule has 1 amide bonds. The van der Waals surface area contributed by atoms with Gasteiger partial charge in [0.2, 0.25) is 5.91 Å². The number of aryl methyl sites for hydroxylation is 1. The Labute approximate surface area is 139 Å². The van der Waals surface area contributed by atoms with E-state index >= 15 is 0 Å². The van der Waals surface area contributed by atoms with Crippen LogP contribution in [0.15, 0.2) is 35.3 Å². The van der Waals surface area contributed by atoms with Gasteiger partial charge in [-0.15, -0.1) is 0 Å². The van der Waals surface area contributed by atoms with E-state index in [0.717, 1.165) is 23.3 Å². The Bertz CT molecular complexity index is 917. The van der Waals surface area contributed by atoms with Crippen molar-refractivity contribution in [1.29, 1.82) is 0 Å². The third-order valence-corrected chi connectivity index (χ3v) is 4.44.